The largest absolute Gasteiger partial charge is 0.497 e. The molecule has 3 aromatic rings. The number of rotatable bonds is 3. The maximum atomic E-state index is 12.5. The standard InChI is InChI=1S/C18H15ClO3S/c1-10-4-7-14(11(2)8-10)22-18(20)17-16(19)13-6-5-12(21-3)9-15(13)23-17/h4-9H,1-3H3. The molecule has 0 aliphatic heterocycles. The van der Waals surface area contributed by atoms with Crippen LogP contribution in [0.1, 0.15) is 20.8 Å². The van der Waals surface area contributed by atoms with Gasteiger partial charge < -0.3 is 9.47 Å². The Balaban J connectivity index is 1.95. The normalized spacial score (nSPS) is 10.8. The summed E-state index contributed by atoms with van der Waals surface area (Å²) in [7, 11) is 1.60. The van der Waals surface area contributed by atoms with Crippen LogP contribution in [-0.2, 0) is 0 Å². The predicted molar refractivity (Wildman–Crippen MR) is 94.3 cm³/mol. The summed E-state index contributed by atoms with van der Waals surface area (Å²) in [5.74, 6) is 0.832. The van der Waals surface area contributed by atoms with Gasteiger partial charge in [0.15, 0.2) is 0 Å². The molecular weight excluding hydrogens is 332 g/mol. The molecule has 3 rings (SSSR count). The van der Waals surface area contributed by atoms with Crippen molar-refractivity contribution in [2.75, 3.05) is 7.11 Å². The lowest BCUT2D eigenvalue weighted by molar-refractivity contribution is 0.0739. The Hall–Kier alpha value is -2.04. The summed E-state index contributed by atoms with van der Waals surface area (Å²) in [5, 5.41) is 1.24. The second-order valence-electron chi connectivity index (χ2n) is 5.27. The van der Waals surface area contributed by atoms with E-state index in [1.165, 1.54) is 11.3 Å². The van der Waals surface area contributed by atoms with Gasteiger partial charge in [-0.3, -0.25) is 0 Å². The van der Waals surface area contributed by atoms with E-state index in [0.29, 0.717) is 15.6 Å². The van der Waals surface area contributed by atoms with E-state index in [9.17, 15) is 4.79 Å². The van der Waals surface area contributed by atoms with Gasteiger partial charge in [0, 0.05) is 10.1 Å². The van der Waals surface area contributed by atoms with Crippen molar-refractivity contribution < 1.29 is 14.3 Å². The molecule has 3 nitrogen and oxygen atoms in total. The van der Waals surface area contributed by atoms with Crippen molar-refractivity contribution in [3.63, 3.8) is 0 Å². The van der Waals surface area contributed by atoms with Gasteiger partial charge in [0.1, 0.15) is 16.4 Å². The smallest absolute Gasteiger partial charge is 0.355 e. The van der Waals surface area contributed by atoms with Crippen LogP contribution in [0.5, 0.6) is 11.5 Å². The fourth-order valence-electron chi connectivity index (χ4n) is 2.36. The third-order valence-electron chi connectivity index (χ3n) is 3.56. The highest BCUT2D eigenvalue weighted by Crippen LogP contribution is 2.38. The number of hydrogen-bond acceptors (Lipinski definition) is 4. The zero-order valence-electron chi connectivity index (χ0n) is 13.0. The van der Waals surface area contributed by atoms with E-state index in [-0.39, 0.29) is 0 Å². The molecule has 0 N–H and O–H groups in total. The number of carbonyl (C=O) groups excluding carboxylic acids is 1. The number of fused-ring (bicyclic) bond motifs is 1. The number of esters is 1. The monoisotopic (exact) mass is 346 g/mol. The summed E-state index contributed by atoms with van der Waals surface area (Å²) < 4.78 is 11.6. The molecule has 2 aromatic carbocycles. The average molecular weight is 347 g/mol. The van der Waals surface area contributed by atoms with Crippen LogP contribution in [0.2, 0.25) is 5.02 Å². The van der Waals surface area contributed by atoms with Crippen LogP contribution in [0.4, 0.5) is 0 Å². The number of carbonyl (C=O) groups is 1. The Labute approximate surface area is 143 Å². The number of benzene rings is 2. The van der Waals surface area contributed by atoms with Gasteiger partial charge in [-0.05, 0) is 43.7 Å². The lowest BCUT2D eigenvalue weighted by Gasteiger charge is -2.07. The first kappa shape index (κ1) is 15.8. The molecule has 0 bridgehead atoms. The minimum absolute atomic E-state index is 0.398. The van der Waals surface area contributed by atoms with Gasteiger partial charge in [-0.1, -0.05) is 29.3 Å². The van der Waals surface area contributed by atoms with Gasteiger partial charge in [0.2, 0.25) is 0 Å². The molecule has 0 fully saturated rings. The van der Waals surface area contributed by atoms with E-state index in [1.807, 2.05) is 44.2 Å². The van der Waals surface area contributed by atoms with Crippen molar-refractivity contribution in [1.82, 2.24) is 0 Å². The minimum Gasteiger partial charge on any atom is -0.497 e. The van der Waals surface area contributed by atoms with Crippen molar-refractivity contribution in [1.29, 1.82) is 0 Å². The fraction of sp³-hybridized carbons (Fsp3) is 0.167. The van der Waals surface area contributed by atoms with E-state index in [1.54, 1.807) is 13.2 Å². The van der Waals surface area contributed by atoms with E-state index in [0.717, 1.165) is 27.0 Å². The molecule has 5 heteroatoms. The van der Waals surface area contributed by atoms with Crippen molar-refractivity contribution in [3.05, 3.63) is 57.4 Å². The number of methoxy groups -OCH3 is 1. The van der Waals surface area contributed by atoms with Gasteiger partial charge in [-0.2, -0.15) is 0 Å². The lowest BCUT2D eigenvalue weighted by atomic mass is 10.1. The molecule has 23 heavy (non-hydrogen) atoms. The van der Waals surface area contributed by atoms with Crippen molar-refractivity contribution in [2.45, 2.75) is 13.8 Å². The second kappa shape index (κ2) is 6.22. The second-order valence-corrected chi connectivity index (χ2v) is 6.70. The SMILES string of the molecule is COc1ccc2c(Cl)c(C(=O)Oc3ccc(C)cc3C)sc2c1. The highest BCUT2D eigenvalue weighted by atomic mass is 35.5. The number of ether oxygens (including phenoxy) is 2. The van der Waals surface area contributed by atoms with Gasteiger partial charge in [0.25, 0.3) is 0 Å². The van der Waals surface area contributed by atoms with E-state index < -0.39 is 5.97 Å². The number of halogens is 1. The number of hydrogen-bond donors (Lipinski definition) is 0. The summed E-state index contributed by atoms with van der Waals surface area (Å²) in [4.78, 5) is 12.9. The Morgan fingerprint density at radius 3 is 2.61 bits per heavy atom. The summed E-state index contributed by atoms with van der Waals surface area (Å²) >= 11 is 7.65. The first-order valence-corrected chi connectivity index (χ1v) is 8.24. The fourth-order valence-corrected chi connectivity index (χ4v) is 3.78. The molecule has 0 atom stereocenters. The Kier molecular flexibility index (Phi) is 4.28. The highest BCUT2D eigenvalue weighted by molar-refractivity contribution is 7.21. The summed E-state index contributed by atoms with van der Waals surface area (Å²) in [6.07, 6.45) is 0. The molecule has 0 aliphatic rings. The van der Waals surface area contributed by atoms with Crippen LogP contribution in [-0.4, -0.2) is 13.1 Å². The molecule has 118 valence electrons. The van der Waals surface area contributed by atoms with Crippen LogP contribution in [0.3, 0.4) is 0 Å². The Morgan fingerprint density at radius 2 is 1.91 bits per heavy atom. The van der Waals surface area contributed by atoms with Crippen LogP contribution in [0, 0.1) is 13.8 Å². The molecular formula is C18H15ClO3S. The van der Waals surface area contributed by atoms with Crippen molar-refractivity contribution in [3.8, 4) is 11.5 Å². The van der Waals surface area contributed by atoms with E-state index >= 15 is 0 Å². The third-order valence-corrected chi connectivity index (χ3v) is 5.19. The maximum Gasteiger partial charge on any atom is 0.355 e. The lowest BCUT2D eigenvalue weighted by Crippen LogP contribution is -2.08. The molecule has 0 saturated heterocycles. The van der Waals surface area contributed by atoms with E-state index in [4.69, 9.17) is 21.1 Å². The Morgan fingerprint density at radius 1 is 1.13 bits per heavy atom. The van der Waals surface area contributed by atoms with Crippen LogP contribution in [0.15, 0.2) is 36.4 Å². The quantitative estimate of drug-likeness (QED) is 0.470. The summed E-state index contributed by atoms with van der Waals surface area (Å²) in [6, 6.07) is 11.2. The van der Waals surface area contributed by atoms with Crippen molar-refractivity contribution in [2.24, 2.45) is 0 Å². The molecule has 0 unspecified atom stereocenters. The molecule has 0 aliphatic carbocycles. The molecule has 0 radical (unpaired) electrons. The molecule has 1 heterocycles. The maximum absolute atomic E-state index is 12.5. The highest BCUT2D eigenvalue weighted by Gasteiger charge is 2.20. The van der Waals surface area contributed by atoms with Gasteiger partial charge in [-0.15, -0.1) is 11.3 Å². The molecule has 0 saturated carbocycles. The minimum atomic E-state index is -0.442. The van der Waals surface area contributed by atoms with Crippen LogP contribution in [0.25, 0.3) is 10.1 Å². The number of aryl methyl sites for hydroxylation is 2. The number of thiophene rings is 1. The van der Waals surface area contributed by atoms with Crippen molar-refractivity contribution >= 4 is 39.0 Å². The summed E-state index contributed by atoms with van der Waals surface area (Å²) in [6.45, 7) is 3.90. The zero-order chi connectivity index (χ0) is 16.6. The predicted octanol–water partition coefficient (Wildman–Crippen LogP) is 5.40. The molecule has 1 aromatic heterocycles. The van der Waals surface area contributed by atoms with Gasteiger partial charge in [-0.25, -0.2) is 4.79 Å². The van der Waals surface area contributed by atoms with Crippen LogP contribution >= 0.6 is 22.9 Å². The molecule has 0 amide bonds. The first-order chi connectivity index (χ1) is 11.0. The average Bonchev–Trinajstić information content (AvgIpc) is 2.86. The summed E-state index contributed by atoms with van der Waals surface area (Å²) in [5.41, 5.74) is 2.03. The first-order valence-electron chi connectivity index (χ1n) is 7.05. The van der Waals surface area contributed by atoms with Gasteiger partial charge in [0.05, 0.1) is 12.1 Å². The topological polar surface area (TPSA) is 35.5 Å². The van der Waals surface area contributed by atoms with Crippen LogP contribution < -0.4 is 9.47 Å². The third kappa shape index (κ3) is 3.05. The van der Waals surface area contributed by atoms with Gasteiger partial charge >= 0.3 is 5.97 Å². The molecule has 0 spiro atoms. The van der Waals surface area contributed by atoms with E-state index in [2.05, 4.69) is 0 Å². The zero-order valence-corrected chi connectivity index (χ0v) is 14.5. The Bertz CT molecular complexity index is 899.